The molecule has 112 valence electrons. The van der Waals surface area contributed by atoms with Crippen LogP contribution in [-0.4, -0.2) is 6.54 Å². The molecule has 0 aliphatic rings. The van der Waals surface area contributed by atoms with Gasteiger partial charge in [0, 0.05) is 21.1 Å². The molecule has 0 spiro atoms. The van der Waals surface area contributed by atoms with Crippen molar-refractivity contribution in [1.29, 1.82) is 0 Å². The van der Waals surface area contributed by atoms with Gasteiger partial charge < -0.3 is 10.1 Å². The van der Waals surface area contributed by atoms with Gasteiger partial charge in [-0.15, -0.1) is 0 Å². The first-order valence-corrected chi connectivity index (χ1v) is 8.64. The Labute approximate surface area is 143 Å². The summed E-state index contributed by atoms with van der Waals surface area (Å²) in [5.74, 6) is 0.932. The second-order valence-electron chi connectivity index (χ2n) is 4.85. The Bertz CT molecular complexity index is 587. The minimum absolute atomic E-state index is 0.571. The van der Waals surface area contributed by atoms with Gasteiger partial charge in [-0.1, -0.05) is 50.9 Å². The van der Waals surface area contributed by atoms with Crippen molar-refractivity contribution in [3.63, 3.8) is 0 Å². The normalized spacial score (nSPS) is 10.6. The van der Waals surface area contributed by atoms with Gasteiger partial charge in [-0.25, -0.2) is 0 Å². The van der Waals surface area contributed by atoms with Gasteiger partial charge in [0.05, 0.1) is 0 Å². The number of halogens is 2. The van der Waals surface area contributed by atoms with Crippen molar-refractivity contribution in [3.05, 3.63) is 62.5 Å². The zero-order valence-corrected chi connectivity index (χ0v) is 15.2. The second-order valence-corrected chi connectivity index (χ2v) is 6.68. The van der Waals surface area contributed by atoms with Gasteiger partial charge >= 0.3 is 0 Å². The first-order chi connectivity index (χ1) is 10.2. The van der Waals surface area contributed by atoms with E-state index in [1.54, 1.807) is 0 Å². The molecule has 0 radical (unpaired) electrons. The summed E-state index contributed by atoms with van der Waals surface area (Å²) in [7, 11) is 0. The SMILES string of the molecule is CCCNCc1cc(Br)ccc1OCc1cccc(Br)c1. The number of ether oxygens (including phenoxy) is 1. The van der Waals surface area contributed by atoms with Gasteiger partial charge in [0.25, 0.3) is 0 Å². The Morgan fingerprint density at radius 3 is 2.62 bits per heavy atom. The third-order valence-electron chi connectivity index (χ3n) is 3.05. The molecule has 0 saturated heterocycles. The van der Waals surface area contributed by atoms with E-state index in [2.05, 4.69) is 62.3 Å². The van der Waals surface area contributed by atoms with E-state index in [1.807, 2.05) is 24.3 Å². The molecule has 0 unspecified atom stereocenters. The molecule has 0 bridgehead atoms. The van der Waals surface area contributed by atoms with Crippen molar-refractivity contribution in [1.82, 2.24) is 5.32 Å². The molecule has 2 aromatic carbocycles. The molecule has 2 nitrogen and oxygen atoms in total. The summed E-state index contributed by atoms with van der Waals surface area (Å²) in [6.07, 6.45) is 1.13. The number of rotatable bonds is 7. The summed E-state index contributed by atoms with van der Waals surface area (Å²) >= 11 is 7.00. The number of benzene rings is 2. The average molecular weight is 413 g/mol. The van der Waals surface area contributed by atoms with Crippen molar-refractivity contribution < 1.29 is 4.74 Å². The Morgan fingerprint density at radius 2 is 1.86 bits per heavy atom. The van der Waals surface area contributed by atoms with Crippen LogP contribution >= 0.6 is 31.9 Å². The van der Waals surface area contributed by atoms with Crippen molar-refractivity contribution in [2.75, 3.05) is 6.54 Å². The van der Waals surface area contributed by atoms with Gasteiger partial charge in [-0.3, -0.25) is 0 Å². The number of nitrogens with one attached hydrogen (secondary N) is 1. The zero-order chi connectivity index (χ0) is 15.1. The second kappa shape index (κ2) is 8.57. The summed E-state index contributed by atoms with van der Waals surface area (Å²) in [5.41, 5.74) is 2.33. The lowest BCUT2D eigenvalue weighted by Gasteiger charge is -2.13. The summed E-state index contributed by atoms with van der Waals surface area (Å²) in [6.45, 7) is 4.57. The molecule has 0 atom stereocenters. The van der Waals surface area contributed by atoms with Crippen LogP contribution in [0.25, 0.3) is 0 Å². The van der Waals surface area contributed by atoms with Crippen molar-refractivity contribution in [2.45, 2.75) is 26.5 Å². The topological polar surface area (TPSA) is 21.3 Å². The highest BCUT2D eigenvalue weighted by Crippen LogP contribution is 2.24. The molecule has 4 heteroatoms. The van der Waals surface area contributed by atoms with Crippen molar-refractivity contribution >= 4 is 31.9 Å². The number of hydrogen-bond donors (Lipinski definition) is 1. The minimum atomic E-state index is 0.571. The van der Waals surface area contributed by atoms with E-state index in [0.29, 0.717) is 6.61 Å². The fourth-order valence-corrected chi connectivity index (χ4v) is 2.87. The molecule has 1 N–H and O–H groups in total. The van der Waals surface area contributed by atoms with Crippen LogP contribution < -0.4 is 10.1 Å². The van der Waals surface area contributed by atoms with E-state index in [-0.39, 0.29) is 0 Å². The maximum absolute atomic E-state index is 5.98. The lowest BCUT2D eigenvalue weighted by Crippen LogP contribution is -2.14. The molecule has 0 fully saturated rings. The number of hydrogen-bond acceptors (Lipinski definition) is 2. The largest absolute Gasteiger partial charge is 0.489 e. The molecule has 0 aliphatic carbocycles. The first kappa shape index (κ1) is 16.5. The van der Waals surface area contributed by atoms with Crippen LogP contribution in [0.2, 0.25) is 0 Å². The minimum Gasteiger partial charge on any atom is -0.489 e. The summed E-state index contributed by atoms with van der Waals surface area (Å²) < 4.78 is 8.13. The molecule has 0 amide bonds. The van der Waals surface area contributed by atoms with E-state index >= 15 is 0 Å². The average Bonchev–Trinajstić information content (AvgIpc) is 2.47. The van der Waals surface area contributed by atoms with E-state index < -0.39 is 0 Å². The van der Waals surface area contributed by atoms with Crippen LogP contribution in [0.15, 0.2) is 51.4 Å². The standard InChI is InChI=1S/C17H19Br2NO/c1-2-8-20-11-14-10-16(19)6-7-17(14)21-12-13-4-3-5-15(18)9-13/h3-7,9-10,20H,2,8,11-12H2,1H3. The fraction of sp³-hybridized carbons (Fsp3) is 0.294. The summed E-state index contributed by atoms with van der Waals surface area (Å²) in [4.78, 5) is 0. The van der Waals surface area contributed by atoms with E-state index in [4.69, 9.17) is 4.74 Å². The molecular weight excluding hydrogens is 394 g/mol. The summed E-state index contributed by atoms with van der Waals surface area (Å²) in [6, 6.07) is 14.3. The van der Waals surface area contributed by atoms with E-state index in [1.165, 1.54) is 5.56 Å². The van der Waals surface area contributed by atoms with Gasteiger partial charge in [0.15, 0.2) is 0 Å². The third kappa shape index (κ3) is 5.46. The molecule has 21 heavy (non-hydrogen) atoms. The molecule has 0 aromatic heterocycles. The quantitative estimate of drug-likeness (QED) is 0.623. The molecule has 2 aromatic rings. The Kier molecular flexibility index (Phi) is 6.74. The van der Waals surface area contributed by atoms with Crippen molar-refractivity contribution in [2.24, 2.45) is 0 Å². The molecule has 0 heterocycles. The van der Waals surface area contributed by atoms with E-state index in [0.717, 1.165) is 39.8 Å². The first-order valence-electron chi connectivity index (χ1n) is 7.05. The Morgan fingerprint density at radius 1 is 1.05 bits per heavy atom. The predicted molar refractivity (Wildman–Crippen MR) is 94.6 cm³/mol. The van der Waals surface area contributed by atoms with Crippen LogP contribution in [0.5, 0.6) is 5.75 Å². The van der Waals surface area contributed by atoms with Crippen LogP contribution in [0, 0.1) is 0 Å². The predicted octanol–water partition coefficient (Wildman–Crippen LogP) is 5.29. The maximum atomic E-state index is 5.98. The van der Waals surface area contributed by atoms with Gasteiger partial charge in [0.1, 0.15) is 12.4 Å². The van der Waals surface area contributed by atoms with Crippen LogP contribution in [0.1, 0.15) is 24.5 Å². The van der Waals surface area contributed by atoms with Crippen LogP contribution in [-0.2, 0) is 13.2 Å². The maximum Gasteiger partial charge on any atom is 0.124 e. The lowest BCUT2D eigenvalue weighted by molar-refractivity contribution is 0.302. The molecular formula is C17H19Br2NO. The highest BCUT2D eigenvalue weighted by atomic mass is 79.9. The molecule has 0 aliphatic heterocycles. The third-order valence-corrected chi connectivity index (χ3v) is 4.03. The zero-order valence-electron chi connectivity index (χ0n) is 12.0. The van der Waals surface area contributed by atoms with Crippen LogP contribution in [0.4, 0.5) is 0 Å². The van der Waals surface area contributed by atoms with E-state index in [9.17, 15) is 0 Å². The monoisotopic (exact) mass is 411 g/mol. The highest BCUT2D eigenvalue weighted by molar-refractivity contribution is 9.10. The fourth-order valence-electron chi connectivity index (χ4n) is 2.01. The lowest BCUT2D eigenvalue weighted by atomic mass is 10.2. The Hall–Kier alpha value is -0.840. The van der Waals surface area contributed by atoms with Gasteiger partial charge in [0.2, 0.25) is 0 Å². The smallest absolute Gasteiger partial charge is 0.124 e. The highest BCUT2D eigenvalue weighted by Gasteiger charge is 2.05. The molecule has 2 rings (SSSR count). The molecule has 0 saturated carbocycles. The van der Waals surface area contributed by atoms with Crippen LogP contribution in [0.3, 0.4) is 0 Å². The van der Waals surface area contributed by atoms with Gasteiger partial charge in [-0.2, -0.15) is 0 Å². The Balaban J connectivity index is 2.04. The summed E-state index contributed by atoms with van der Waals surface area (Å²) in [5, 5.41) is 3.42. The van der Waals surface area contributed by atoms with Crippen molar-refractivity contribution in [3.8, 4) is 5.75 Å². The van der Waals surface area contributed by atoms with Gasteiger partial charge in [-0.05, 0) is 48.9 Å².